The number of amides is 1. The minimum atomic E-state index is -3.39. The first-order valence-electron chi connectivity index (χ1n) is 9.05. The summed E-state index contributed by atoms with van der Waals surface area (Å²) in [4.78, 5) is 14.0. The third kappa shape index (κ3) is 4.61. The Balaban J connectivity index is 1.47. The lowest BCUT2D eigenvalue weighted by molar-refractivity contribution is -0.117. The van der Waals surface area contributed by atoms with Crippen LogP contribution in [0.2, 0.25) is 0 Å². The summed E-state index contributed by atoms with van der Waals surface area (Å²) in [6.07, 6.45) is 1.84. The quantitative estimate of drug-likeness (QED) is 0.793. The van der Waals surface area contributed by atoms with Gasteiger partial charge in [0.05, 0.1) is 6.54 Å². The van der Waals surface area contributed by atoms with Crippen molar-refractivity contribution >= 4 is 21.9 Å². The molecule has 1 amide bonds. The highest BCUT2D eigenvalue weighted by Crippen LogP contribution is 2.21. The number of aryl methyl sites for hydroxylation is 1. The monoisotopic (exact) mass is 385 g/mol. The molecule has 2 fully saturated rings. The number of hydrogen-bond acceptors (Lipinski definition) is 6. The van der Waals surface area contributed by atoms with Crippen molar-refractivity contribution in [2.24, 2.45) is 5.92 Å². The lowest BCUT2D eigenvalue weighted by Gasteiger charge is -2.38. The summed E-state index contributed by atoms with van der Waals surface area (Å²) in [5.41, 5.74) is 0. The van der Waals surface area contributed by atoms with E-state index in [1.807, 2.05) is 4.90 Å². The molecule has 3 heterocycles. The van der Waals surface area contributed by atoms with Crippen LogP contribution in [0.15, 0.2) is 10.6 Å². The second-order valence-corrected chi connectivity index (χ2v) is 9.06. The number of carbonyl (C=O) groups is 1. The van der Waals surface area contributed by atoms with Crippen LogP contribution in [0.4, 0.5) is 5.82 Å². The molecule has 2 saturated heterocycles. The van der Waals surface area contributed by atoms with Crippen LogP contribution in [0.1, 0.15) is 25.5 Å². The first kappa shape index (κ1) is 19.3. The maximum absolute atomic E-state index is 12.8. The zero-order chi connectivity index (χ0) is 18.7. The van der Waals surface area contributed by atoms with Gasteiger partial charge in [0, 0.05) is 45.3 Å². The van der Waals surface area contributed by atoms with Crippen LogP contribution in [0, 0.1) is 12.8 Å². The van der Waals surface area contributed by atoms with Crippen LogP contribution >= 0.6 is 0 Å². The van der Waals surface area contributed by atoms with Gasteiger partial charge in [-0.1, -0.05) is 12.1 Å². The SMILES string of the molecule is Cc1cc(NC(=O)CN2CCN(S(=O)(=O)N3CCC(C)CC3)CC2)no1. The molecule has 2 aliphatic heterocycles. The summed E-state index contributed by atoms with van der Waals surface area (Å²) in [6, 6.07) is 1.65. The van der Waals surface area contributed by atoms with E-state index in [1.54, 1.807) is 21.6 Å². The molecule has 10 heteroatoms. The summed E-state index contributed by atoms with van der Waals surface area (Å²) in [7, 11) is -3.39. The van der Waals surface area contributed by atoms with E-state index >= 15 is 0 Å². The van der Waals surface area contributed by atoms with E-state index in [4.69, 9.17) is 4.52 Å². The fraction of sp³-hybridized carbons (Fsp3) is 0.750. The molecule has 0 aliphatic carbocycles. The molecule has 146 valence electrons. The molecule has 0 radical (unpaired) electrons. The van der Waals surface area contributed by atoms with E-state index in [9.17, 15) is 13.2 Å². The molecule has 26 heavy (non-hydrogen) atoms. The van der Waals surface area contributed by atoms with Crippen molar-refractivity contribution in [1.29, 1.82) is 0 Å². The van der Waals surface area contributed by atoms with Crippen molar-refractivity contribution in [2.45, 2.75) is 26.7 Å². The predicted molar refractivity (Wildman–Crippen MR) is 96.8 cm³/mol. The third-order valence-electron chi connectivity index (χ3n) is 4.99. The maximum atomic E-state index is 12.8. The van der Waals surface area contributed by atoms with Gasteiger partial charge in [-0.25, -0.2) is 0 Å². The van der Waals surface area contributed by atoms with Crippen molar-refractivity contribution in [3.8, 4) is 0 Å². The third-order valence-corrected chi connectivity index (χ3v) is 7.02. The first-order valence-corrected chi connectivity index (χ1v) is 10.4. The topological polar surface area (TPSA) is 99.0 Å². The standard InChI is InChI=1S/C16H27N5O4S/c1-13-3-5-20(6-4-13)26(23,24)21-9-7-19(8-10-21)12-16(22)17-15-11-14(2)25-18-15/h11,13H,3-10,12H2,1-2H3,(H,17,18,22). The minimum Gasteiger partial charge on any atom is -0.360 e. The molecule has 9 nitrogen and oxygen atoms in total. The Bertz CT molecular complexity index is 719. The van der Waals surface area contributed by atoms with Gasteiger partial charge in [0.1, 0.15) is 5.76 Å². The first-order chi connectivity index (χ1) is 12.3. The molecular weight excluding hydrogens is 358 g/mol. The molecular formula is C16H27N5O4S. The Morgan fingerprint density at radius 1 is 1.19 bits per heavy atom. The number of aromatic nitrogens is 1. The van der Waals surface area contributed by atoms with Gasteiger partial charge >= 0.3 is 0 Å². The fourth-order valence-corrected chi connectivity index (χ4v) is 4.93. The van der Waals surface area contributed by atoms with Crippen LogP contribution < -0.4 is 5.32 Å². The highest BCUT2D eigenvalue weighted by molar-refractivity contribution is 7.86. The summed E-state index contributed by atoms with van der Waals surface area (Å²) < 4.78 is 33.6. The Hall–Kier alpha value is -1.49. The number of nitrogens with one attached hydrogen (secondary N) is 1. The van der Waals surface area contributed by atoms with E-state index in [0.29, 0.717) is 56.8 Å². The van der Waals surface area contributed by atoms with Crippen LogP contribution in [0.5, 0.6) is 0 Å². The van der Waals surface area contributed by atoms with Gasteiger partial charge < -0.3 is 9.84 Å². The normalized spacial score (nSPS) is 21.8. The average molecular weight is 385 g/mol. The van der Waals surface area contributed by atoms with E-state index in [2.05, 4.69) is 17.4 Å². The molecule has 1 N–H and O–H groups in total. The van der Waals surface area contributed by atoms with Crippen molar-refractivity contribution in [3.63, 3.8) is 0 Å². The highest BCUT2D eigenvalue weighted by Gasteiger charge is 2.34. The van der Waals surface area contributed by atoms with Gasteiger partial charge in [0.15, 0.2) is 5.82 Å². The molecule has 0 bridgehead atoms. The Labute approximate surface area is 154 Å². The van der Waals surface area contributed by atoms with E-state index in [1.165, 1.54) is 0 Å². The number of hydrogen-bond donors (Lipinski definition) is 1. The molecule has 2 aliphatic rings. The van der Waals surface area contributed by atoms with Crippen molar-refractivity contribution in [1.82, 2.24) is 18.7 Å². The lowest BCUT2D eigenvalue weighted by Crippen LogP contribution is -2.55. The van der Waals surface area contributed by atoms with Gasteiger partial charge in [0.2, 0.25) is 5.91 Å². The van der Waals surface area contributed by atoms with Gasteiger partial charge in [0.25, 0.3) is 10.2 Å². The Morgan fingerprint density at radius 2 is 1.81 bits per heavy atom. The largest absolute Gasteiger partial charge is 0.360 e. The molecule has 3 rings (SSSR count). The molecule has 1 aromatic rings. The van der Waals surface area contributed by atoms with Crippen LogP contribution in [-0.4, -0.2) is 78.8 Å². The predicted octanol–water partition coefficient (Wildman–Crippen LogP) is 0.516. The molecule has 0 atom stereocenters. The Morgan fingerprint density at radius 3 is 2.38 bits per heavy atom. The number of nitrogens with zero attached hydrogens (tertiary/aromatic N) is 4. The lowest BCUT2D eigenvalue weighted by atomic mass is 10.0. The minimum absolute atomic E-state index is 0.181. The summed E-state index contributed by atoms with van der Waals surface area (Å²) >= 11 is 0. The number of piperazine rings is 1. The second kappa shape index (κ2) is 8.03. The summed E-state index contributed by atoms with van der Waals surface area (Å²) in [5.74, 6) is 1.43. The highest BCUT2D eigenvalue weighted by atomic mass is 32.2. The van der Waals surface area contributed by atoms with Crippen LogP contribution in [0.3, 0.4) is 0 Å². The fourth-order valence-electron chi connectivity index (χ4n) is 3.31. The molecule has 0 unspecified atom stereocenters. The number of carbonyl (C=O) groups excluding carboxylic acids is 1. The maximum Gasteiger partial charge on any atom is 0.282 e. The van der Waals surface area contributed by atoms with E-state index in [-0.39, 0.29) is 12.5 Å². The van der Waals surface area contributed by atoms with Crippen LogP contribution in [-0.2, 0) is 15.0 Å². The van der Waals surface area contributed by atoms with Gasteiger partial charge in [-0.2, -0.15) is 17.0 Å². The smallest absolute Gasteiger partial charge is 0.282 e. The van der Waals surface area contributed by atoms with Crippen molar-refractivity contribution in [2.75, 3.05) is 51.1 Å². The molecule has 1 aromatic heterocycles. The molecule has 0 saturated carbocycles. The van der Waals surface area contributed by atoms with E-state index < -0.39 is 10.2 Å². The second-order valence-electron chi connectivity index (χ2n) is 7.14. The molecule has 0 spiro atoms. The average Bonchev–Trinajstić information content (AvgIpc) is 3.00. The van der Waals surface area contributed by atoms with Gasteiger partial charge in [-0.05, 0) is 25.7 Å². The summed E-state index contributed by atoms with van der Waals surface area (Å²) in [5, 5.41) is 6.41. The number of rotatable bonds is 5. The van der Waals surface area contributed by atoms with Gasteiger partial charge in [-0.3, -0.25) is 9.69 Å². The zero-order valence-corrected chi connectivity index (χ0v) is 16.2. The Kier molecular flexibility index (Phi) is 5.96. The van der Waals surface area contributed by atoms with Gasteiger partial charge in [-0.15, -0.1) is 0 Å². The molecule has 0 aromatic carbocycles. The van der Waals surface area contributed by atoms with Crippen molar-refractivity contribution in [3.05, 3.63) is 11.8 Å². The van der Waals surface area contributed by atoms with Crippen LogP contribution in [0.25, 0.3) is 0 Å². The summed E-state index contributed by atoms with van der Waals surface area (Å²) in [6.45, 7) is 7.21. The number of piperidine rings is 1. The number of anilines is 1. The van der Waals surface area contributed by atoms with Crippen molar-refractivity contribution < 1.29 is 17.7 Å². The zero-order valence-electron chi connectivity index (χ0n) is 15.3. The van der Waals surface area contributed by atoms with E-state index in [0.717, 1.165) is 12.8 Å².